The van der Waals surface area contributed by atoms with E-state index in [9.17, 15) is 4.79 Å². The molecule has 4 aromatic rings. The number of pyridine rings is 2. The molecular formula is C25H22ClN3O2. The lowest BCUT2D eigenvalue weighted by Crippen LogP contribution is -2.17. The second-order valence-corrected chi connectivity index (χ2v) is 7.63. The maximum Gasteiger partial charge on any atom is 0.185 e. The molecule has 0 bridgehead atoms. The average molecular weight is 432 g/mol. The van der Waals surface area contributed by atoms with Crippen LogP contribution in [0.5, 0.6) is 0 Å². The van der Waals surface area contributed by atoms with Crippen LogP contribution in [0.1, 0.15) is 21.6 Å². The van der Waals surface area contributed by atoms with Crippen LogP contribution < -0.4 is 5.32 Å². The molecule has 0 saturated carbocycles. The van der Waals surface area contributed by atoms with Crippen LogP contribution >= 0.6 is 11.6 Å². The van der Waals surface area contributed by atoms with E-state index in [0.717, 1.165) is 33.2 Å². The maximum atomic E-state index is 12.8. The SMILES string of the molecule is O=C(Cc1ccc2cnc(-c3ccccc3)cc2c1Cl)c1ccc(CNCCO)cn1. The third kappa shape index (κ3) is 4.97. The number of fused-ring (bicyclic) bond motifs is 1. The van der Waals surface area contributed by atoms with E-state index in [2.05, 4.69) is 15.3 Å². The van der Waals surface area contributed by atoms with Crippen molar-refractivity contribution < 1.29 is 9.90 Å². The summed E-state index contributed by atoms with van der Waals surface area (Å²) in [7, 11) is 0. The summed E-state index contributed by atoms with van der Waals surface area (Å²) in [4.78, 5) is 21.6. The summed E-state index contributed by atoms with van der Waals surface area (Å²) in [5.41, 5.74) is 3.97. The Hall–Kier alpha value is -3.12. The summed E-state index contributed by atoms with van der Waals surface area (Å²) in [6, 6.07) is 19.3. The van der Waals surface area contributed by atoms with Crippen LogP contribution in [0.15, 0.2) is 73.1 Å². The van der Waals surface area contributed by atoms with Crippen molar-refractivity contribution in [3.8, 4) is 11.3 Å². The molecule has 0 atom stereocenters. The maximum absolute atomic E-state index is 12.8. The highest BCUT2D eigenvalue weighted by Crippen LogP contribution is 2.30. The van der Waals surface area contributed by atoms with Crippen molar-refractivity contribution in [3.63, 3.8) is 0 Å². The van der Waals surface area contributed by atoms with Crippen molar-refractivity contribution in [1.82, 2.24) is 15.3 Å². The molecule has 31 heavy (non-hydrogen) atoms. The minimum atomic E-state index is -0.0894. The van der Waals surface area contributed by atoms with Crippen LogP contribution in [0.25, 0.3) is 22.0 Å². The Kier molecular flexibility index (Phi) is 6.67. The second kappa shape index (κ2) is 9.79. The average Bonchev–Trinajstić information content (AvgIpc) is 2.82. The van der Waals surface area contributed by atoms with Gasteiger partial charge in [-0.3, -0.25) is 14.8 Å². The van der Waals surface area contributed by atoms with Crippen LogP contribution in [0.3, 0.4) is 0 Å². The first-order valence-electron chi connectivity index (χ1n) is 10.1. The Morgan fingerprint density at radius 2 is 1.84 bits per heavy atom. The number of nitrogens with one attached hydrogen (secondary N) is 1. The number of nitrogens with zero attached hydrogens (tertiary/aromatic N) is 2. The Bertz CT molecular complexity index is 1190. The predicted octanol–water partition coefficient (Wildman–Crippen LogP) is 4.46. The monoisotopic (exact) mass is 431 g/mol. The molecule has 0 amide bonds. The van der Waals surface area contributed by atoms with Gasteiger partial charge in [0.15, 0.2) is 5.78 Å². The van der Waals surface area contributed by atoms with Gasteiger partial charge in [0.2, 0.25) is 0 Å². The number of halogens is 1. The molecule has 0 radical (unpaired) electrons. The first-order chi connectivity index (χ1) is 15.2. The fourth-order valence-corrected chi connectivity index (χ4v) is 3.69. The van der Waals surface area contributed by atoms with E-state index < -0.39 is 0 Å². The van der Waals surface area contributed by atoms with Gasteiger partial charge in [0.1, 0.15) is 5.69 Å². The van der Waals surface area contributed by atoms with Crippen LogP contribution in [0, 0.1) is 0 Å². The Balaban J connectivity index is 1.55. The van der Waals surface area contributed by atoms with Gasteiger partial charge in [-0.25, -0.2) is 0 Å². The van der Waals surface area contributed by atoms with Gasteiger partial charge in [-0.2, -0.15) is 0 Å². The molecule has 4 rings (SSSR count). The third-order valence-corrected chi connectivity index (χ3v) is 5.51. The molecule has 0 aliphatic rings. The predicted molar refractivity (Wildman–Crippen MR) is 123 cm³/mol. The van der Waals surface area contributed by atoms with Crippen molar-refractivity contribution >= 4 is 28.2 Å². The highest BCUT2D eigenvalue weighted by Gasteiger charge is 2.14. The van der Waals surface area contributed by atoms with Gasteiger partial charge < -0.3 is 10.4 Å². The van der Waals surface area contributed by atoms with E-state index in [4.69, 9.17) is 16.7 Å². The van der Waals surface area contributed by atoms with E-state index in [1.807, 2.05) is 54.6 Å². The zero-order valence-electron chi connectivity index (χ0n) is 16.9. The molecule has 5 nitrogen and oxygen atoms in total. The summed E-state index contributed by atoms with van der Waals surface area (Å²) in [6.07, 6.45) is 3.66. The van der Waals surface area contributed by atoms with Crippen molar-refractivity contribution in [1.29, 1.82) is 0 Å². The lowest BCUT2D eigenvalue weighted by molar-refractivity contribution is 0.0988. The van der Waals surface area contributed by atoms with Crippen LogP contribution in [0.4, 0.5) is 0 Å². The first-order valence-corrected chi connectivity index (χ1v) is 10.5. The number of aromatic nitrogens is 2. The number of hydrogen-bond donors (Lipinski definition) is 2. The summed E-state index contributed by atoms with van der Waals surface area (Å²) in [5, 5.41) is 14.3. The van der Waals surface area contributed by atoms with Gasteiger partial charge in [0, 0.05) is 48.2 Å². The number of carbonyl (C=O) groups excluding carboxylic acids is 1. The van der Waals surface area contributed by atoms with E-state index in [0.29, 0.717) is 23.8 Å². The highest BCUT2D eigenvalue weighted by molar-refractivity contribution is 6.36. The smallest absolute Gasteiger partial charge is 0.185 e. The number of benzene rings is 2. The van der Waals surface area contributed by atoms with Crippen LogP contribution in [-0.4, -0.2) is 34.0 Å². The highest BCUT2D eigenvalue weighted by atomic mass is 35.5. The quantitative estimate of drug-likeness (QED) is 0.318. The molecule has 2 aromatic heterocycles. The van der Waals surface area contributed by atoms with Crippen LogP contribution in [0.2, 0.25) is 5.02 Å². The Morgan fingerprint density at radius 3 is 2.58 bits per heavy atom. The van der Waals surface area contributed by atoms with Crippen molar-refractivity contribution in [2.75, 3.05) is 13.2 Å². The molecule has 0 unspecified atom stereocenters. The molecule has 0 aliphatic carbocycles. The largest absolute Gasteiger partial charge is 0.395 e. The number of hydrogen-bond acceptors (Lipinski definition) is 5. The molecule has 6 heteroatoms. The van der Waals surface area contributed by atoms with Crippen molar-refractivity contribution in [2.24, 2.45) is 0 Å². The molecule has 0 spiro atoms. The summed E-state index contributed by atoms with van der Waals surface area (Å²) >= 11 is 6.70. The normalized spacial score (nSPS) is 11.0. The molecule has 0 saturated heterocycles. The van der Waals surface area contributed by atoms with Gasteiger partial charge in [0.25, 0.3) is 0 Å². The minimum absolute atomic E-state index is 0.0828. The number of Topliss-reactive ketones (excluding diaryl/α,β-unsaturated/α-hetero) is 1. The molecule has 0 fully saturated rings. The lowest BCUT2D eigenvalue weighted by atomic mass is 10.0. The van der Waals surface area contributed by atoms with E-state index in [1.54, 1.807) is 18.5 Å². The topological polar surface area (TPSA) is 75.1 Å². The zero-order valence-corrected chi connectivity index (χ0v) is 17.6. The number of aliphatic hydroxyl groups is 1. The Morgan fingerprint density at radius 1 is 1.00 bits per heavy atom. The van der Waals surface area contributed by atoms with E-state index in [1.165, 1.54) is 0 Å². The zero-order chi connectivity index (χ0) is 21.6. The second-order valence-electron chi connectivity index (χ2n) is 7.25. The van der Waals surface area contributed by atoms with E-state index >= 15 is 0 Å². The molecule has 2 aromatic carbocycles. The molecule has 2 heterocycles. The van der Waals surface area contributed by atoms with Crippen molar-refractivity contribution in [2.45, 2.75) is 13.0 Å². The number of aliphatic hydroxyl groups excluding tert-OH is 1. The summed E-state index contributed by atoms with van der Waals surface area (Å²) in [6.45, 7) is 1.19. The first kappa shape index (κ1) is 21.1. The molecule has 0 aliphatic heterocycles. The Labute approximate surface area is 185 Å². The fourth-order valence-electron chi connectivity index (χ4n) is 3.40. The van der Waals surface area contributed by atoms with Gasteiger partial charge in [0.05, 0.1) is 17.3 Å². The molecular weight excluding hydrogens is 410 g/mol. The van der Waals surface area contributed by atoms with E-state index in [-0.39, 0.29) is 18.8 Å². The van der Waals surface area contributed by atoms with Gasteiger partial charge in [-0.05, 0) is 23.3 Å². The number of ketones is 1. The fraction of sp³-hybridized carbons (Fsp3) is 0.160. The lowest BCUT2D eigenvalue weighted by Gasteiger charge is -2.09. The standard InChI is InChI=1S/C25H22ClN3O2/c26-25-19(12-24(31)22-9-6-17(15-28-22)14-27-10-11-30)7-8-20-16-29-23(13-21(20)25)18-4-2-1-3-5-18/h1-9,13,15-16,27,30H,10-12,14H2. The number of rotatable bonds is 8. The van der Waals surface area contributed by atoms with Gasteiger partial charge >= 0.3 is 0 Å². The summed E-state index contributed by atoms with van der Waals surface area (Å²) in [5.74, 6) is -0.0894. The third-order valence-electron chi connectivity index (χ3n) is 5.07. The minimum Gasteiger partial charge on any atom is -0.395 e. The van der Waals surface area contributed by atoms with Gasteiger partial charge in [-0.15, -0.1) is 0 Å². The van der Waals surface area contributed by atoms with Crippen LogP contribution in [-0.2, 0) is 13.0 Å². The van der Waals surface area contributed by atoms with Gasteiger partial charge in [-0.1, -0.05) is 60.1 Å². The summed E-state index contributed by atoms with van der Waals surface area (Å²) < 4.78 is 0. The number of carbonyl (C=O) groups is 1. The molecule has 156 valence electrons. The van der Waals surface area contributed by atoms with Crippen molar-refractivity contribution in [3.05, 3.63) is 94.9 Å². The molecule has 2 N–H and O–H groups in total.